The molecule has 9 nitrogen and oxygen atoms in total. The number of carbonyl (C=O) groups excluding carboxylic acids is 1. The molecule has 2 rings (SSSR count). The number of hydrogen-bond donors (Lipinski definition) is 0. The van der Waals surface area contributed by atoms with Gasteiger partial charge in [-0.3, -0.25) is 14.9 Å². The Bertz CT molecular complexity index is 965. The van der Waals surface area contributed by atoms with Gasteiger partial charge in [-0.15, -0.1) is 0 Å². The Morgan fingerprint density at radius 3 is 2.58 bits per heavy atom. The summed E-state index contributed by atoms with van der Waals surface area (Å²) >= 11 is 1.70. The normalized spacial score (nSPS) is 17.4. The molecule has 0 aliphatic heterocycles. The fourth-order valence-corrected chi connectivity index (χ4v) is 3.65. The minimum Gasteiger partial charge on any atom is -0.803 e. The minimum atomic E-state index is -3.76. The molecule has 0 N–H and O–H groups in total. The number of nitrogens with zero attached hydrogens (tertiary/aromatic N) is 2. The van der Waals surface area contributed by atoms with Gasteiger partial charge in [0.05, 0.1) is 25.0 Å². The van der Waals surface area contributed by atoms with Gasteiger partial charge in [-0.1, -0.05) is 0 Å². The number of allylic oxidation sites excluding steroid dienone is 2. The van der Waals surface area contributed by atoms with Crippen molar-refractivity contribution in [1.82, 2.24) is 0 Å². The summed E-state index contributed by atoms with van der Waals surface area (Å²) in [6.45, 7) is 0. The molecular weight excluding hydrogens is 479 g/mol. The van der Waals surface area contributed by atoms with Crippen molar-refractivity contribution in [3.8, 4) is 6.07 Å². The van der Waals surface area contributed by atoms with E-state index in [1.54, 1.807) is 22.6 Å². The van der Waals surface area contributed by atoms with E-state index in [0.717, 1.165) is 18.4 Å². The van der Waals surface area contributed by atoms with Gasteiger partial charge in [0, 0.05) is 25.2 Å². The lowest BCUT2D eigenvalue weighted by Gasteiger charge is -2.35. The number of rotatable bonds is 5. The molecule has 1 aromatic rings. The third kappa shape index (κ3) is 4.02. The summed E-state index contributed by atoms with van der Waals surface area (Å²) in [5.74, 6) is -3.24. The molecule has 0 bridgehead atoms. The number of nitro benzene ring substituents is 1. The van der Waals surface area contributed by atoms with Crippen LogP contribution in [0.3, 0.4) is 0 Å². The zero-order valence-electron chi connectivity index (χ0n) is 13.4. The van der Waals surface area contributed by atoms with Crippen LogP contribution in [-0.4, -0.2) is 25.4 Å². The molecule has 1 atom stereocenters. The summed E-state index contributed by atoms with van der Waals surface area (Å²) in [6.07, 6.45) is 1.81. The zero-order chi connectivity index (χ0) is 19.7. The van der Waals surface area contributed by atoms with Gasteiger partial charge in [0.2, 0.25) is 0 Å². The Balaban J connectivity index is 2.59. The molecular formula is C15H12IN2O7S-. The Hall–Kier alpha value is -2.04. The second-order valence-corrected chi connectivity index (χ2v) is 8.65. The topological polar surface area (TPSA) is 150 Å². The average molecular weight is 491 g/mol. The number of halogens is 1. The highest BCUT2D eigenvalue weighted by atomic mass is 127. The van der Waals surface area contributed by atoms with Crippen LogP contribution in [0.2, 0.25) is 0 Å². The largest absolute Gasteiger partial charge is 0.803 e. The highest BCUT2D eigenvalue weighted by molar-refractivity contribution is 14.1. The molecule has 1 aliphatic carbocycles. The summed E-state index contributed by atoms with van der Waals surface area (Å²) in [6, 6.07) is 3.95. The van der Waals surface area contributed by atoms with Crippen molar-refractivity contribution in [2.24, 2.45) is 0 Å². The van der Waals surface area contributed by atoms with Crippen molar-refractivity contribution >= 4 is 43.9 Å². The molecule has 0 unspecified atom stereocenters. The predicted octanol–water partition coefficient (Wildman–Crippen LogP) is 1.45. The standard InChI is InChI=1S/C15H12IN2O7S/c1-26(23,24)9-5-6-10(11(7-9)18(21)22)15(20,8-17)25-13-4-2-3-12(19)14(13)16/h5-7H,2-4H2,1H3/q-1/t15-/m0/s1. The molecule has 11 heteroatoms. The number of sulfone groups is 1. The molecule has 1 aliphatic rings. The van der Waals surface area contributed by atoms with Gasteiger partial charge >= 0.3 is 0 Å². The molecule has 0 heterocycles. The smallest absolute Gasteiger partial charge is 0.277 e. The number of carbonyl (C=O) groups is 1. The number of hydrogen-bond acceptors (Lipinski definition) is 8. The highest BCUT2D eigenvalue weighted by Crippen LogP contribution is 2.36. The van der Waals surface area contributed by atoms with E-state index in [-0.39, 0.29) is 32.9 Å². The first-order valence-corrected chi connectivity index (χ1v) is 10.2. The van der Waals surface area contributed by atoms with Gasteiger partial charge < -0.3 is 9.84 Å². The maximum absolute atomic E-state index is 12.9. The SMILES string of the molecule is CS(=O)(=O)c1ccc([C@]([O-])(C#N)OC2=C(I)C(=O)CCC2)c([N+](=O)[O-])c1. The van der Waals surface area contributed by atoms with Gasteiger partial charge in [-0.2, -0.15) is 5.26 Å². The van der Waals surface area contributed by atoms with E-state index in [0.29, 0.717) is 12.5 Å². The van der Waals surface area contributed by atoms with Gasteiger partial charge in [-0.25, -0.2) is 8.42 Å². The predicted molar refractivity (Wildman–Crippen MR) is 94.5 cm³/mol. The lowest BCUT2D eigenvalue weighted by molar-refractivity contribution is -0.538. The van der Waals surface area contributed by atoms with E-state index in [1.165, 1.54) is 6.07 Å². The second kappa shape index (κ2) is 7.29. The molecule has 0 spiro atoms. The van der Waals surface area contributed by atoms with Crippen LogP contribution in [0.5, 0.6) is 0 Å². The fraction of sp³-hybridized carbons (Fsp3) is 0.333. The van der Waals surface area contributed by atoms with Crippen molar-refractivity contribution in [3.05, 3.63) is 43.2 Å². The molecule has 0 saturated carbocycles. The monoisotopic (exact) mass is 491 g/mol. The van der Waals surface area contributed by atoms with Crippen molar-refractivity contribution in [2.75, 3.05) is 6.26 Å². The van der Waals surface area contributed by atoms with Crippen molar-refractivity contribution in [2.45, 2.75) is 29.9 Å². The van der Waals surface area contributed by atoms with Gasteiger partial charge in [0.1, 0.15) is 5.76 Å². The maximum Gasteiger partial charge on any atom is 0.277 e. The second-order valence-electron chi connectivity index (χ2n) is 5.55. The summed E-state index contributed by atoms with van der Waals surface area (Å²) in [4.78, 5) is 21.7. The Morgan fingerprint density at radius 2 is 2.04 bits per heavy atom. The van der Waals surface area contributed by atoms with E-state index in [1.807, 2.05) is 0 Å². The molecule has 0 aromatic heterocycles. The summed E-state index contributed by atoms with van der Waals surface area (Å²) in [7, 11) is -3.76. The number of nitro groups is 1. The number of nitriles is 1. The third-order valence-electron chi connectivity index (χ3n) is 3.66. The minimum absolute atomic E-state index is 0.000104. The average Bonchev–Trinajstić information content (AvgIpc) is 2.57. The summed E-state index contributed by atoms with van der Waals surface area (Å²) < 4.78 is 28.5. The Labute approximate surface area is 162 Å². The molecule has 0 fully saturated rings. The first kappa shape index (κ1) is 20.3. The van der Waals surface area contributed by atoms with Crippen LogP contribution in [0.4, 0.5) is 5.69 Å². The van der Waals surface area contributed by atoms with E-state index in [2.05, 4.69) is 0 Å². The number of ketones is 1. The van der Waals surface area contributed by atoms with Crippen molar-refractivity contribution in [3.63, 3.8) is 0 Å². The summed E-state index contributed by atoms with van der Waals surface area (Å²) in [5.41, 5.74) is -1.48. The molecule has 0 radical (unpaired) electrons. The number of ether oxygens (including phenoxy) is 1. The van der Waals surface area contributed by atoms with E-state index >= 15 is 0 Å². The Morgan fingerprint density at radius 1 is 1.38 bits per heavy atom. The Kier molecular flexibility index (Phi) is 5.69. The molecule has 0 saturated heterocycles. The van der Waals surface area contributed by atoms with Crippen LogP contribution in [0.1, 0.15) is 24.8 Å². The van der Waals surface area contributed by atoms with E-state index < -0.39 is 31.8 Å². The van der Waals surface area contributed by atoms with Gasteiger partial charge in [0.15, 0.2) is 21.4 Å². The fourth-order valence-electron chi connectivity index (χ4n) is 2.36. The van der Waals surface area contributed by atoms with Gasteiger partial charge in [0.25, 0.3) is 5.69 Å². The van der Waals surface area contributed by atoms with Crippen LogP contribution in [-0.2, 0) is 25.2 Å². The van der Waals surface area contributed by atoms with Crippen molar-refractivity contribution < 1.29 is 28.0 Å². The molecule has 0 amide bonds. The highest BCUT2D eigenvalue weighted by Gasteiger charge is 2.33. The van der Waals surface area contributed by atoms with Crippen molar-refractivity contribution in [1.29, 1.82) is 5.26 Å². The van der Waals surface area contributed by atoms with Crippen LogP contribution < -0.4 is 5.11 Å². The van der Waals surface area contributed by atoms with E-state index in [9.17, 15) is 33.7 Å². The van der Waals surface area contributed by atoms with Crippen LogP contribution >= 0.6 is 22.6 Å². The summed E-state index contributed by atoms with van der Waals surface area (Å²) in [5, 5.41) is 33.5. The lowest BCUT2D eigenvalue weighted by Crippen LogP contribution is -2.43. The molecule has 26 heavy (non-hydrogen) atoms. The first-order valence-electron chi connectivity index (χ1n) is 7.21. The van der Waals surface area contributed by atoms with E-state index in [4.69, 9.17) is 4.74 Å². The quantitative estimate of drug-likeness (QED) is 0.260. The molecule has 1 aromatic carbocycles. The van der Waals surface area contributed by atoms with Crippen LogP contribution in [0.25, 0.3) is 0 Å². The number of benzene rings is 1. The first-order chi connectivity index (χ1) is 12.0. The van der Waals surface area contributed by atoms with Crippen LogP contribution in [0, 0.1) is 21.4 Å². The number of Topliss-reactive ketones (excluding diaryl/α,β-unsaturated/α-hetero) is 1. The zero-order valence-corrected chi connectivity index (χ0v) is 16.4. The molecule has 138 valence electrons. The third-order valence-corrected chi connectivity index (χ3v) is 5.97. The maximum atomic E-state index is 12.9. The lowest BCUT2D eigenvalue weighted by atomic mass is 10.0. The van der Waals surface area contributed by atoms with Crippen LogP contribution in [0.15, 0.2) is 32.4 Å². The van der Waals surface area contributed by atoms with Gasteiger partial charge in [-0.05, 0) is 41.1 Å².